The third kappa shape index (κ3) is 7.51. The molecule has 3 rings (SSSR count). The summed E-state index contributed by atoms with van der Waals surface area (Å²) in [5, 5.41) is 3.16. The van der Waals surface area contributed by atoms with Gasteiger partial charge in [-0.25, -0.2) is 0 Å². The summed E-state index contributed by atoms with van der Waals surface area (Å²) >= 11 is 0. The van der Waals surface area contributed by atoms with Crippen molar-refractivity contribution in [3.05, 3.63) is 71.8 Å². The Morgan fingerprint density at radius 3 is 2.32 bits per heavy atom. The van der Waals surface area contributed by atoms with E-state index in [1.807, 2.05) is 20.9 Å². The number of benzene rings is 1. The third-order valence-electron chi connectivity index (χ3n) is 7.24. The molecule has 202 valence electrons. The average molecular weight is 508 g/mol. The second-order valence-corrected chi connectivity index (χ2v) is 10.3. The van der Waals surface area contributed by atoms with E-state index in [1.54, 1.807) is 15.9 Å². The highest BCUT2D eigenvalue weighted by molar-refractivity contribution is 6.03. The van der Waals surface area contributed by atoms with Crippen molar-refractivity contribution < 1.29 is 14.4 Å². The average Bonchev–Trinajstić information content (AvgIpc) is 3.49. The largest absolute Gasteiger partial charge is 0.331 e. The molecule has 1 aromatic rings. The molecule has 6 heteroatoms. The molecule has 2 aliphatic heterocycles. The number of amides is 2. The van der Waals surface area contributed by atoms with Crippen molar-refractivity contribution in [3.8, 4) is 0 Å². The topological polar surface area (TPSA) is 69.7 Å². The molecule has 1 fully saturated rings. The van der Waals surface area contributed by atoms with E-state index in [1.165, 1.54) is 30.0 Å². The lowest BCUT2D eigenvalue weighted by Gasteiger charge is -2.34. The molecular formula is C31H45N3O3. The van der Waals surface area contributed by atoms with E-state index in [-0.39, 0.29) is 23.8 Å². The Kier molecular flexibility index (Phi) is 12.0. The zero-order valence-corrected chi connectivity index (χ0v) is 23.3. The number of rotatable bonds is 11. The molecule has 2 aliphatic rings. The predicted octanol–water partition coefficient (Wildman–Crippen LogP) is 5.02. The predicted molar refractivity (Wildman–Crippen MR) is 151 cm³/mol. The van der Waals surface area contributed by atoms with Crippen molar-refractivity contribution in [2.24, 2.45) is 5.92 Å². The maximum absolute atomic E-state index is 13.0. The Bertz CT molecular complexity index is 980. The minimum absolute atomic E-state index is 0.0467. The van der Waals surface area contributed by atoms with Crippen molar-refractivity contribution in [1.29, 1.82) is 0 Å². The zero-order valence-electron chi connectivity index (χ0n) is 23.3. The molecule has 2 heterocycles. The Hall–Kier alpha value is -2.99. The minimum Gasteiger partial charge on any atom is -0.331 e. The van der Waals surface area contributed by atoms with Crippen LogP contribution >= 0.6 is 0 Å². The van der Waals surface area contributed by atoms with E-state index in [0.717, 1.165) is 24.8 Å². The first-order valence-electron chi connectivity index (χ1n) is 13.5. The number of carbonyl (C=O) groups excluding carboxylic acids is 3. The summed E-state index contributed by atoms with van der Waals surface area (Å²) in [5.74, 6) is 0.318. The van der Waals surface area contributed by atoms with E-state index in [2.05, 4.69) is 56.6 Å². The standard InChI is InChI=1S/C18H24N2O3.C13H21N/c1-5-13-10-20(17(22)15(13)6-2)16(12(3)4)18(23)19-9-7-8-14(19)11-21;1-4-5-11(2)13-8-6-12(7-9-13)10-14-3/h5-6,11-12,14,16H,1-2,7-10H2,3-4H3;6-9,11,14H,4-5,10H2,1-3H3. The molecule has 0 spiro atoms. The Morgan fingerprint density at radius 1 is 1.16 bits per heavy atom. The molecule has 1 saturated heterocycles. The summed E-state index contributed by atoms with van der Waals surface area (Å²) in [4.78, 5) is 40.0. The van der Waals surface area contributed by atoms with Crippen LogP contribution in [0.1, 0.15) is 70.4 Å². The Labute approximate surface area is 223 Å². The molecule has 2 amide bonds. The van der Waals surface area contributed by atoms with Crippen LogP contribution in [0.25, 0.3) is 0 Å². The highest BCUT2D eigenvalue weighted by Crippen LogP contribution is 2.28. The maximum Gasteiger partial charge on any atom is 0.255 e. The normalized spacial score (nSPS) is 19.0. The monoisotopic (exact) mass is 507 g/mol. The second kappa shape index (κ2) is 14.7. The van der Waals surface area contributed by atoms with Crippen molar-refractivity contribution in [3.63, 3.8) is 0 Å². The fraction of sp³-hybridized carbons (Fsp3) is 0.516. The molecular weight excluding hydrogens is 462 g/mol. The summed E-state index contributed by atoms with van der Waals surface area (Å²) in [6.07, 6.45) is 8.05. The van der Waals surface area contributed by atoms with E-state index >= 15 is 0 Å². The molecule has 1 aromatic carbocycles. The van der Waals surface area contributed by atoms with Gasteiger partial charge in [0.15, 0.2) is 0 Å². The van der Waals surface area contributed by atoms with Crippen LogP contribution in [0.15, 0.2) is 60.7 Å². The lowest BCUT2D eigenvalue weighted by Crippen LogP contribution is -2.53. The SMILES string of the molecule is C=CC1=C(C=C)C(=O)N(C(C(=O)N2CCCC2C=O)C(C)C)C1.CCCC(C)c1ccc(CNC)cc1. The van der Waals surface area contributed by atoms with Gasteiger partial charge >= 0.3 is 0 Å². The van der Waals surface area contributed by atoms with Gasteiger partial charge in [-0.15, -0.1) is 0 Å². The molecule has 37 heavy (non-hydrogen) atoms. The Morgan fingerprint density at radius 2 is 1.84 bits per heavy atom. The van der Waals surface area contributed by atoms with Crippen molar-refractivity contribution in [1.82, 2.24) is 15.1 Å². The van der Waals surface area contributed by atoms with E-state index in [9.17, 15) is 14.4 Å². The van der Waals surface area contributed by atoms with Gasteiger partial charge in [0, 0.05) is 25.2 Å². The van der Waals surface area contributed by atoms with Crippen molar-refractivity contribution in [2.45, 2.75) is 77.9 Å². The fourth-order valence-electron chi connectivity index (χ4n) is 5.17. The number of nitrogens with one attached hydrogen (secondary N) is 1. The molecule has 0 radical (unpaired) electrons. The molecule has 6 nitrogen and oxygen atoms in total. The van der Waals surface area contributed by atoms with E-state index < -0.39 is 6.04 Å². The number of hydrogen-bond acceptors (Lipinski definition) is 4. The van der Waals surface area contributed by atoms with Crippen LogP contribution in [0.2, 0.25) is 0 Å². The number of likely N-dealkylation sites (tertiary alicyclic amines) is 1. The second-order valence-electron chi connectivity index (χ2n) is 10.3. The van der Waals surface area contributed by atoms with Crippen LogP contribution < -0.4 is 5.32 Å². The summed E-state index contributed by atoms with van der Waals surface area (Å²) in [6.45, 7) is 17.7. The number of nitrogens with zero attached hydrogens (tertiary/aromatic N) is 2. The summed E-state index contributed by atoms with van der Waals surface area (Å²) < 4.78 is 0. The molecule has 0 bridgehead atoms. The van der Waals surface area contributed by atoms with Gasteiger partial charge in [0.25, 0.3) is 5.91 Å². The number of aldehydes is 1. The van der Waals surface area contributed by atoms with Crippen LogP contribution in [0.5, 0.6) is 0 Å². The van der Waals surface area contributed by atoms with E-state index in [4.69, 9.17) is 0 Å². The molecule has 0 saturated carbocycles. The van der Waals surface area contributed by atoms with Gasteiger partial charge in [-0.3, -0.25) is 9.59 Å². The fourth-order valence-corrected chi connectivity index (χ4v) is 5.17. The number of carbonyl (C=O) groups is 3. The van der Waals surface area contributed by atoms with Crippen LogP contribution in [0.4, 0.5) is 0 Å². The van der Waals surface area contributed by atoms with E-state index in [0.29, 0.717) is 31.0 Å². The van der Waals surface area contributed by atoms with Gasteiger partial charge in [-0.2, -0.15) is 0 Å². The first-order valence-corrected chi connectivity index (χ1v) is 13.5. The van der Waals surface area contributed by atoms with Gasteiger partial charge < -0.3 is 19.9 Å². The summed E-state index contributed by atoms with van der Waals surface area (Å²) in [6, 6.07) is 8.01. The summed E-state index contributed by atoms with van der Waals surface area (Å²) in [5.41, 5.74) is 4.12. The van der Waals surface area contributed by atoms with Gasteiger partial charge in [0.2, 0.25) is 5.91 Å². The first-order chi connectivity index (χ1) is 17.7. The van der Waals surface area contributed by atoms with Gasteiger partial charge in [-0.05, 0) is 54.8 Å². The molecule has 1 N–H and O–H groups in total. The smallest absolute Gasteiger partial charge is 0.255 e. The lowest BCUT2D eigenvalue weighted by molar-refractivity contribution is -0.146. The lowest BCUT2D eigenvalue weighted by atomic mass is 9.96. The maximum atomic E-state index is 13.0. The first kappa shape index (κ1) is 30.2. The van der Waals surface area contributed by atoms with Crippen molar-refractivity contribution >= 4 is 18.1 Å². The molecule has 3 unspecified atom stereocenters. The zero-order chi connectivity index (χ0) is 27.5. The summed E-state index contributed by atoms with van der Waals surface area (Å²) in [7, 11) is 1.98. The molecule has 3 atom stereocenters. The highest BCUT2D eigenvalue weighted by Gasteiger charge is 2.42. The highest BCUT2D eigenvalue weighted by atomic mass is 16.2. The van der Waals surface area contributed by atoms with Gasteiger partial charge in [0.05, 0.1) is 6.04 Å². The van der Waals surface area contributed by atoms with Gasteiger partial charge in [0.1, 0.15) is 12.3 Å². The molecule has 0 aliphatic carbocycles. The molecule has 0 aromatic heterocycles. The van der Waals surface area contributed by atoms with Crippen LogP contribution in [0, 0.1) is 5.92 Å². The quantitative estimate of drug-likeness (QED) is 0.427. The van der Waals surface area contributed by atoms with Crippen LogP contribution in [-0.2, 0) is 20.9 Å². The number of hydrogen-bond donors (Lipinski definition) is 1. The Balaban J connectivity index is 0.000000294. The van der Waals surface area contributed by atoms with Crippen LogP contribution in [0.3, 0.4) is 0 Å². The third-order valence-corrected chi connectivity index (χ3v) is 7.24. The van der Waals surface area contributed by atoms with Crippen LogP contribution in [-0.4, -0.2) is 60.1 Å². The minimum atomic E-state index is -0.574. The van der Waals surface area contributed by atoms with Gasteiger partial charge in [-0.1, -0.05) is 83.7 Å². The van der Waals surface area contributed by atoms with Crippen molar-refractivity contribution in [2.75, 3.05) is 20.1 Å².